The third-order valence-corrected chi connectivity index (χ3v) is 4.81. The zero-order valence-corrected chi connectivity index (χ0v) is 15.8. The second-order valence-corrected chi connectivity index (χ2v) is 6.86. The van der Waals surface area contributed by atoms with Crippen LogP contribution in [0.3, 0.4) is 0 Å². The molecule has 0 unspecified atom stereocenters. The van der Waals surface area contributed by atoms with Crippen molar-refractivity contribution < 1.29 is 14.3 Å². The highest BCUT2D eigenvalue weighted by molar-refractivity contribution is 7.07. The van der Waals surface area contributed by atoms with Gasteiger partial charge in [-0.25, -0.2) is 9.59 Å². The van der Waals surface area contributed by atoms with Gasteiger partial charge in [-0.1, -0.05) is 0 Å². The van der Waals surface area contributed by atoms with E-state index in [9.17, 15) is 14.4 Å². The fourth-order valence-corrected chi connectivity index (χ4v) is 3.25. The monoisotopic (exact) mass is 385 g/mol. The van der Waals surface area contributed by atoms with Gasteiger partial charge in [0.1, 0.15) is 0 Å². The van der Waals surface area contributed by atoms with E-state index in [1.807, 2.05) is 16.8 Å². The number of H-pyrrole nitrogens is 1. The fraction of sp³-hybridized carbons (Fsp3) is 0.211. The molecule has 2 aromatic heterocycles. The number of aromatic amines is 1. The summed E-state index contributed by atoms with van der Waals surface area (Å²) in [5, 5.41) is 3.91. The lowest BCUT2D eigenvalue weighted by atomic mass is 10.2. The molecule has 0 fully saturated rings. The number of imidazole rings is 1. The molecule has 0 spiro atoms. The first kappa shape index (κ1) is 18.7. The molecule has 3 aromatic rings. The lowest BCUT2D eigenvalue weighted by Crippen LogP contribution is -2.30. The van der Waals surface area contributed by atoms with Gasteiger partial charge in [-0.15, -0.1) is 0 Å². The van der Waals surface area contributed by atoms with Crippen LogP contribution in [0.15, 0.2) is 52.1 Å². The minimum Gasteiger partial charge on any atom is -0.452 e. The summed E-state index contributed by atoms with van der Waals surface area (Å²) in [6, 6.07) is 8.39. The molecule has 0 bridgehead atoms. The molecular weight excluding hydrogens is 366 g/mol. The molecule has 0 radical (unpaired) electrons. The summed E-state index contributed by atoms with van der Waals surface area (Å²) in [7, 11) is 1.67. The van der Waals surface area contributed by atoms with E-state index in [1.54, 1.807) is 55.8 Å². The van der Waals surface area contributed by atoms with Crippen molar-refractivity contribution in [3.8, 4) is 5.69 Å². The van der Waals surface area contributed by atoms with Gasteiger partial charge in [-0.05, 0) is 53.6 Å². The molecule has 2 heterocycles. The Morgan fingerprint density at radius 1 is 1.22 bits per heavy atom. The fourth-order valence-electron chi connectivity index (χ4n) is 2.59. The van der Waals surface area contributed by atoms with Crippen LogP contribution >= 0.6 is 11.3 Å². The number of ether oxygens (including phenoxy) is 1. The van der Waals surface area contributed by atoms with E-state index in [0.717, 1.165) is 11.3 Å². The summed E-state index contributed by atoms with van der Waals surface area (Å²) in [4.78, 5) is 40.2. The topological polar surface area (TPSA) is 84.4 Å². The Labute approximate surface area is 159 Å². The van der Waals surface area contributed by atoms with Crippen LogP contribution < -0.4 is 5.69 Å². The summed E-state index contributed by atoms with van der Waals surface area (Å²) in [6.45, 7) is 1.95. The molecule has 0 aliphatic heterocycles. The van der Waals surface area contributed by atoms with Crippen molar-refractivity contribution in [2.45, 2.75) is 13.5 Å². The number of nitrogens with one attached hydrogen (secondary N) is 1. The molecule has 0 atom stereocenters. The maximum atomic E-state index is 12.2. The van der Waals surface area contributed by atoms with Crippen molar-refractivity contribution in [1.29, 1.82) is 0 Å². The van der Waals surface area contributed by atoms with Crippen LogP contribution in [0.2, 0.25) is 0 Å². The quantitative estimate of drug-likeness (QED) is 0.660. The van der Waals surface area contributed by atoms with Crippen LogP contribution in [-0.4, -0.2) is 40.0 Å². The predicted molar refractivity (Wildman–Crippen MR) is 102 cm³/mol. The van der Waals surface area contributed by atoms with Crippen molar-refractivity contribution in [3.63, 3.8) is 0 Å². The molecule has 3 rings (SSSR count). The van der Waals surface area contributed by atoms with Gasteiger partial charge < -0.3 is 14.6 Å². The molecular formula is C19H19N3O4S. The van der Waals surface area contributed by atoms with E-state index in [2.05, 4.69) is 4.98 Å². The van der Waals surface area contributed by atoms with Gasteiger partial charge in [0.05, 0.1) is 11.3 Å². The average molecular weight is 385 g/mol. The van der Waals surface area contributed by atoms with Gasteiger partial charge in [-0.2, -0.15) is 11.3 Å². The van der Waals surface area contributed by atoms with Gasteiger partial charge >= 0.3 is 11.7 Å². The van der Waals surface area contributed by atoms with Crippen molar-refractivity contribution >= 4 is 23.2 Å². The van der Waals surface area contributed by atoms with Crippen molar-refractivity contribution in [2.75, 3.05) is 13.7 Å². The zero-order valence-electron chi connectivity index (χ0n) is 15.0. The van der Waals surface area contributed by atoms with Crippen LogP contribution in [0.4, 0.5) is 0 Å². The minimum absolute atomic E-state index is 0.248. The first-order chi connectivity index (χ1) is 13.0. The van der Waals surface area contributed by atoms with Gasteiger partial charge in [0.2, 0.25) is 0 Å². The molecule has 27 heavy (non-hydrogen) atoms. The number of rotatable bonds is 6. The van der Waals surface area contributed by atoms with Crippen LogP contribution in [0, 0.1) is 6.92 Å². The van der Waals surface area contributed by atoms with Crippen LogP contribution in [-0.2, 0) is 16.1 Å². The highest BCUT2D eigenvalue weighted by atomic mass is 32.1. The number of aromatic nitrogens is 2. The Hall–Kier alpha value is -3.13. The number of carbonyl (C=O) groups is 2. The number of thiophene rings is 1. The maximum absolute atomic E-state index is 12.2. The molecule has 140 valence electrons. The van der Waals surface area contributed by atoms with E-state index in [1.165, 1.54) is 9.47 Å². The van der Waals surface area contributed by atoms with E-state index < -0.39 is 5.97 Å². The molecule has 1 N–H and O–H groups in total. The van der Waals surface area contributed by atoms with Crippen molar-refractivity contribution in [1.82, 2.24) is 14.5 Å². The first-order valence-electron chi connectivity index (χ1n) is 8.25. The van der Waals surface area contributed by atoms with E-state index in [-0.39, 0.29) is 18.2 Å². The number of amides is 1. The number of carbonyl (C=O) groups excluding carboxylic acids is 2. The highest BCUT2D eigenvalue weighted by Crippen LogP contribution is 2.12. The largest absolute Gasteiger partial charge is 0.452 e. The average Bonchev–Trinajstić information content (AvgIpc) is 3.29. The van der Waals surface area contributed by atoms with E-state index in [4.69, 9.17) is 4.74 Å². The third-order valence-electron chi connectivity index (χ3n) is 4.07. The molecule has 8 heteroatoms. The van der Waals surface area contributed by atoms with Gasteiger partial charge in [-0.3, -0.25) is 9.36 Å². The normalized spacial score (nSPS) is 10.6. The number of esters is 1. The van der Waals surface area contributed by atoms with Crippen LogP contribution in [0.25, 0.3) is 5.69 Å². The Kier molecular flexibility index (Phi) is 5.56. The third kappa shape index (κ3) is 4.35. The molecule has 0 saturated heterocycles. The molecule has 0 saturated carbocycles. The minimum atomic E-state index is -0.586. The molecule has 0 aliphatic rings. The van der Waals surface area contributed by atoms with Gasteiger partial charge in [0, 0.05) is 25.5 Å². The van der Waals surface area contributed by atoms with Gasteiger partial charge in [0.15, 0.2) is 6.61 Å². The Morgan fingerprint density at radius 3 is 2.56 bits per heavy atom. The predicted octanol–water partition coefficient (Wildman–Crippen LogP) is 2.35. The van der Waals surface area contributed by atoms with Crippen molar-refractivity contribution in [3.05, 3.63) is 74.6 Å². The Morgan fingerprint density at radius 2 is 1.96 bits per heavy atom. The van der Waals surface area contributed by atoms with Gasteiger partial charge in [0.25, 0.3) is 5.91 Å². The van der Waals surface area contributed by atoms with Crippen LogP contribution in [0.1, 0.15) is 21.6 Å². The number of benzene rings is 1. The second kappa shape index (κ2) is 8.05. The van der Waals surface area contributed by atoms with Crippen LogP contribution in [0.5, 0.6) is 0 Å². The lowest BCUT2D eigenvalue weighted by molar-refractivity contribution is -0.133. The summed E-state index contributed by atoms with van der Waals surface area (Å²) in [6.07, 6.45) is 1.61. The number of aryl methyl sites for hydroxylation is 1. The number of hydrogen-bond acceptors (Lipinski definition) is 5. The molecule has 7 nitrogen and oxygen atoms in total. The number of likely N-dealkylation sites (N-methyl/N-ethyl adjacent to an activating group) is 1. The Bertz CT molecular complexity index is 987. The van der Waals surface area contributed by atoms with E-state index in [0.29, 0.717) is 17.8 Å². The maximum Gasteiger partial charge on any atom is 0.338 e. The smallest absolute Gasteiger partial charge is 0.338 e. The molecule has 1 amide bonds. The summed E-state index contributed by atoms with van der Waals surface area (Å²) >= 11 is 1.56. The Balaban J connectivity index is 1.58. The zero-order chi connectivity index (χ0) is 19.4. The summed E-state index contributed by atoms with van der Waals surface area (Å²) in [5.74, 6) is -0.863. The van der Waals surface area contributed by atoms with E-state index >= 15 is 0 Å². The summed E-state index contributed by atoms with van der Waals surface area (Å²) < 4.78 is 6.60. The molecule has 1 aromatic carbocycles. The first-order valence-corrected chi connectivity index (χ1v) is 9.19. The highest BCUT2D eigenvalue weighted by Gasteiger charge is 2.14. The van der Waals surface area contributed by atoms with Crippen molar-refractivity contribution in [2.24, 2.45) is 0 Å². The standard InChI is InChI=1S/C19H19N3O4S/c1-13-9-20-19(25)22(13)16-5-3-15(4-6-16)18(24)26-11-17(23)21(2)10-14-7-8-27-12-14/h3-9,12H,10-11H2,1-2H3,(H,20,25). The number of hydrogen-bond donors (Lipinski definition) is 1. The molecule has 0 aliphatic carbocycles. The lowest BCUT2D eigenvalue weighted by Gasteiger charge is -2.16. The second-order valence-electron chi connectivity index (χ2n) is 6.08. The number of nitrogens with zero attached hydrogens (tertiary/aromatic N) is 2. The summed E-state index contributed by atoms with van der Waals surface area (Å²) in [5.41, 5.74) is 2.50. The SMILES string of the molecule is Cc1c[nH]c(=O)n1-c1ccc(C(=O)OCC(=O)N(C)Cc2ccsc2)cc1.